The summed E-state index contributed by atoms with van der Waals surface area (Å²) in [5.74, 6) is -3.04. The molecule has 1 saturated heterocycles. The van der Waals surface area contributed by atoms with E-state index in [0.29, 0.717) is 11.1 Å². The molecule has 11 heteroatoms. The molecule has 0 bridgehead atoms. The molecule has 152 valence electrons. The molecule has 0 radical (unpaired) electrons. The van der Waals surface area contributed by atoms with Crippen LogP contribution in [0.25, 0.3) is 0 Å². The van der Waals surface area contributed by atoms with Gasteiger partial charge in [-0.1, -0.05) is 35.5 Å². The van der Waals surface area contributed by atoms with Gasteiger partial charge in [-0.3, -0.25) is 19.3 Å². The largest absolute Gasteiger partial charge is 0.477 e. The normalized spacial score (nSPS) is 21.2. The average Bonchev–Trinajstić information content (AvgIpc) is 2.70. The Balaban J connectivity index is 1.76. The van der Waals surface area contributed by atoms with E-state index in [1.807, 2.05) is 0 Å². The van der Waals surface area contributed by atoms with Crippen molar-refractivity contribution in [1.82, 2.24) is 10.2 Å². The van der Waals surface area contributed by atoms with Crippen molar-refractivity contribution in [3.05, 3.63) is 47.2 Å². The molecule has 1 aromatic carbocycles. The van der Waals surface area contributed by atoms with Gasteiger partial charge in [-0.05, 0) is 0 Å². The first-order valence-corrected chi connectivity index (χ1v) is 9.51. The molecule has 29 heavy (non-hydrogen) atoms. The monoisotopic (exact) mass is 419 g/mol. The van der Waals surface area contributed by atoms with Crippen molar-refractivity contribution in [3.8, 4) is 0 Å². The van der Waals surface area contributed by atoms with Crippen molar-refractivity contribution >= 4 is 41.2 Å². The molecule has 3 N–H and O–H groups in total. The molecule has 2 atom stereocenters. The molecule has 0 aromatic heterocycles. The lowest BCUT2D eigenvalue weighted by atomic mass is 10.0. The number of carbonyl (C=O) groups excluding carboxylic acids is 3. The van der Waals surface area contributed by atoms with Gasteiger partial charge in [-0.15, -0.1) is 11.8 Å². The van der Waals surface area contributed by atoms with Gasteiger partial charge in [0.2, 0.25) is 0 Å². The molecular weight excluding hydrogens is 402 g/mol. The Morgan fingerprint density at radius 3 is 2.59 bits per heavy atom. The lowest BCUT2D eigenvalue weighted by molar-refractivity contribution is -0.150. The topological polar surface area (TPSA) is 146 Å². The fourth-order valence-electron chi connectivity index (χ4n) is 3.02. The van der Waals surface area contributed by atoms with Gasteiger partial charge in [0.15, 0.2) is 5.71 Å². The van der Waals surface area contributed by atoms with Crippen LogP contribution >= 0.6 is 11.8 Å². The summed E-state index contributed by atoms with van der Waals surface area (Å²) in [5, 5.41) is 23.6. The number of hydrogen-bond donors (Lipinski definition) is 3. The molecule has 2 aliphatic heterocycles. The fourth-order valence-corrected chi connectivity index (χ4v) is 4.35. The van der Waals surface area contributed by atoms with Gasteiger partial charge in [-0.2, -0.15) is 0 Å². The summed E-state index contributed by atoms with van der Waals surface area (Å²) in [5.41, 5.74) is 0.156. The molecule has 0 saturated carbocycles. The number of nitrogens with one attached hydrogen (secondary N) is 1. The van der Waals surface area contributed by atoms with Crippen molar-refractivity contribution in [2.75, 3.05) is 12.4 Å². The first-order chi connectivity index (χ1) is 13.8. The number of rotatable bonds is 6. The highest BCUT2D eigenvalue weighted by molar-refractivity contribution is 8.00. The maximum atomic E-state index is 12.6. The molecule has 0 unspecified atom stereocenters. The maximum Gasteiger partial charge on any atom is 0.352 e. The van der Waals surface area contributed by atoms with E-state index in [0.717, 1.165) is 4.90 Å². The summed E-state index contributed by atoms with van der Waals surface area (Å²) in [6.07, 6.45) is 0. The average molecular weight is 419 g/mol. The second-order valence-corrected chi connectivity index (χ2v) is 7.32. The first-order valence-electron chi connectivity index (χ1n) is 8.46. The number of carbonyl (C=O) groups is 4. The summed E-state index contributed by atoms with van der Waals surface area (Å²) in [7, 11) is 0. The molecule has 2 heterocycles. The third kappa shape index (κ3) is 3.94. The molecule has 0 spiro atoms. The zero-order valence-corrected chi connectivity index (χ0v) is 16.0. The number of nitrogens with zero attached hydrogens (tertiary/aromatic N) is 2. The number of carboxylic acid groups (broad SMARTS) is 1. The third-order valence-corrected chi connectivity index (χ3v) is 5.69. The number of thioether (sulfide) groups is 1. The summed E-state index contributed by atoms with van der Waals surface area (Å²) < 4.78 is 4.87. The van der Waals surface area contributed by atoms with E-state index >= 15 is 0 Å². The Morgan fingerprint density at radius 1 is 1.31 bits per heavy atom. The Bertz CT molecular complexity index is 929. The number of β-lactam (4-membered cyclic amide) rings is 1. The van der Waals surface area contributed by atoms with Crippen molar-refractivity contribution in [3.63, 3.8) is 0 Å². The fraction of sp³-hybridized carbons (Fsp3) is 0.278. The quantitative estimate of drug-likeness (QED) is 0.194. The van der Waals surface area contributed by atoms with Crippen LogP contribution in [0.2, 0.25) is 0 Å². The van der Waals surface area contributed by atoms with Crippen LogP contribution in [0.5, 0.6) is 0 Å². The predicted molar refractivity (Wildman–Crippen MR) is 101 cm³/mol. The maximum absolute atomic E-state index is 12.6. The molecular formula is C18H17N3O7S. The van der Waals surface area contributed by atoms with Gasteiger partial charge >= 0.3 is 11.9 Å². The smallest absolute Gasteiger partial charge is 0.352 e. The zero-order chi connectivity index (χ0) is 21.1. The minimum atomic E-state index is -1.32. The van der Waals surface area contributed by atoms with E-state index in [9.17, 15) is 29.5 Å². The Labute approximate surface area is 169 Å². The van der Waals surface area contributed by atoms with Crippen LogP contribution in [-0.2, 0) is 23.9 Å². The Kier molecular flexibility index (Phi) is 5.87. The summed E-state index contributed by atoms with van der Waals surface area (Å²) in [6, 6.07) is 7.23. The SMILES string of the molecule is CC(=O)OCC1=C(C(=O)O)N2C(=O)[C@@H](NC(=O)C(=NO)c3ccccc3)[C@@H]2SC1. The van der Waals surface area contributed by atoms with E-state index in [2.05, 4.69) is 10.5 Å². The summed E-state index contributed by atoms with van der Waals surface area (Å²) in [4.78, 5) is 48.8. The second kappa shape index (κ2) is 8.35. The van der Waals surface area contributed by atoms with Crippen LogP contribution in [0.1, 0.15) is 12.5 Å². The van der Waals surface area contributed by atoms with Crippen molar-refractivity contribution in [1.29, 1.82) is 0 Å². The lowest BCUT2D eigenvalue weighted by Crippen LogP contribution is -2.71. The molecule has 2 amide bonds. The molecule has 0 aliphatic carbocycles. The van der Waals surface area contributed by atoms with Crippen molar-refractivity contribution in [2.24, 2.45) is 5.16 Å². The third-order valence-electron chi connectivity index (χ3n) is 4.35. The van der Waals surface area contributed by atoms with Crippen LogP contribution in [0.3, 0.4) is 0 Å². The Morgan fingerprint density at radius 2 is 2.00 bits per heavy atom. The highest BCUT2D eigenvalue weighted by Gasteiger charge is 2.54. The second-order valence-electron chi connectivity index (χ2n) is 6.21. The highest BCUT2D eigenvalue weighted by Crippen LogP contribution is 2.40. The Hall–Kier alpha value is -3.34. The van der Waals surface area contributed by atoms with Gasteiger partial charge < -0.3 is 20.4 Å². The number of hydrogen-bond acceptors (Lipinski definition) is 8. The van der Waals surface area contributed by atoms with Crippen LogP contribution in [0, 0.1) is 0 Å². The number of esters is 1. The van der Waals surface area contributed by atoms with Gasteiger partial charge in [0.05, 0.1) is 0 Å². The molecule has 1 aromatic rings. The van der Waals surface area contributed by atoms with Crippen LogP contribution < -0.4 is 5.32 Å². The number of ether oxygens (including phenoxy) is 1. The lowest BCUT2D eigenvalue weighted by Gasteiger charge is -2.49. The van der Waals surface area contributed by atoms with E-state index in [4.69, 9.17) is 4.74 Å². The molecule has 10 nitrogen and oxygen atoms in total. The zero-order valence-electron chi connectivity index (χ0n) is 15.2. The van der Waals surface area contributed by atoms with Crippen molar-refractivity contribution in [2.45, 2.75) is 18.3 Å². The minimum Gasteiger partial charge on any atom is -0.477 e. The first kappa shape index (κ1) is 20.4. The molecule has 1 fully saturated rings. The molecule has 3 rings (SSSR count). The van der Waals surface area contributed by atoms with Gasteiger partial charge in [0.25, 0.3) is 11.8 Å². The van der Waals surface area contributed by atoms with Crippen LogP contribution in [0.15, 0.2) is 46.8 Å². The standard InChI is InChI=1S/C18H17N3O7S/c1-9(22)28-7-11-8-29-17-13(16(24)21(17)14(11)18(25)26)19-15(23)12(20-27)10-5-3-2-4-6-10/h2-6,13,17,27H,7-8H2,1H3,(H,19,23)(H,25,26)/t13-,17+/m1/s1. The van der Waals surface area contributed by atoms with E-state index in [1.54, 1.807) is 30.3 Å². The number of benzene rings is 1. The van der Waals surface area contributed by atoms with Crippen molar-refractivity contribution < 1.29 is 34.2 Å². The summed E-state index contributed by atoms with van der Waals surface area (Å²) >= 11 is 1.24. The number of aliphatic carboxylic acids is 1. The van der Waals surface area contributed by atoms with Crippen LogP contribution in [-0.4, -0.2) is 68.5 Å². The van der Waals surface area contributed by atoms with Gasteiger partial charge in [0, 0.05) is 23.8 Å². The van der Waals surface area contributed by atoms with E-state index < -0.39 is 35.2 Å². The highest BCUT2D eigenvalue weighted by atomic mass is 32.2. The summed E-state index contributed by atoms with van der Waals surface area (Å²) in [6.45, 7) is 0.972. The number of amides is 2. The van der Waals surface area contributed by atoms with E-state index in [1.165, 1.54) is 18.7 Å². The number of oxime groups is 1. The number of carboxylic acids is 1. The van der Waals surface area contributed by atoms with Crippen LogP contribution in [0.4, 0.5) is 0 Å². The minimum absolute atomic E-state index is 0.218. The van der Waals surface area contributed by atoms with E-state index in [-0.39, 0.29) is 23.8 Å². The van der Waals surface area contributed by atoms with Gasteiger partial charge in [0.1, 0.15) is 23.7 Å². The predicted octanol–water partition coefficient (Wildman–Crippen LogP) is 0.167. The number of fused-ring (bicyclic) bond motifs is 1. The van der Waals surface area contributed by atoms with Gasteiger partial charge in [-0.25, -0.2) is 4.79 Å². The molecule has 2 aliphatic rings.